The van der Waals surface area contributed by atoms with E-state index in [2.05, 4.69) is 0 Å². The number of carbonyl (C=O) groups is 1. The predicted molar refractivity (Wildman–Crippen MR) is 86.5 cm³/mol. The monoisotopic (exact) mass is 355 g/mol. The molecular weight excluding hydrogens is 335 g/mol. The quantitative estimate of drug-likeness (QED) is 0.825. The zero-order valence-corrected chi connectivity index (χ0v) is 14.4. The van der Waals surface area contributed by atoms with Gasteiger partial charge in [-0.05, 0) is 37.5 Å². The highest BCUT2D eigenvalue weighted by atomic mass is 19.4. The molecule has 1 fully saturated rings. The number of ether oxygens (including phenoxy) is 1. The number of amides is 1. The van der Waals surface area contributed by atoms with Gasteiger partial charge in [0.1, 0.15) is 5.58 Å². The molecule has 0 saturated carbocycles. The number of hydrogen-bond acceptors (Lipinski definition) is 3. The molecule has 1 saturated heterocycles. The minimum absolute atomic E-state index is 0.0148. The van der Waals surface area contributed by atoms with Gasteiger partial charge in [0.05, 0.1) is 25.8 Å². The second-order valence-corrected chi connectivity index (χ2v) is 6.52. The topological polar surface area (TPSA) is 42.7 Å². The molecule has 0 spiro atoms. The number of furan rings is 1. The highest BCUT2D eigenvalue weighted by molar-refractivity contribution is 5.92. The smallest absolute Gasteiger partial charge is 0.416 e. The molecule has 2 aromatic rings. The molecule has 1 aliphatic rings. The first-order valence-electron chi connectivity index (χ1n) is 8.11. The summed E-state index contributed by atoms with van der Waals surface area (Å²) in [5.74, 6) is -0.349. The Labute approximate surface area is 143 Å². The van der Waals surface area contributed by atoms with E-state index in [1.807, 2.05) is 26.8 Å². The molecule has 1 unspecified atom stereocenters. The number of nitrogens with zero attached hydrogens (tertiary/aromatic N) is 1. The van der Waals surface area contributed by atoms with Crippen molar-refractivity contribution in [2.24, 2.45) is 0 Å². The van der Waals surface area contributed by atoms with Gasteiger partial charge in [-0.15, -0.1) is 0 Å². The van der Waals surface area contributed by atoms with E-state index in [4.69, 9.17) is 9.15 Å². The molecule has 136 valence electrons. The molecule has 7 heteroatoms. The highest BCUT2D eigenvalue weighted by Crippen LogP contribution is 2.31. The predicted octanol–water partition coefficient (Wildman–Crippen LogP) is 3.69. The van der Waals surface area contributed by atoms with Crippen molar-refractivity contribution in [3.63, 3.8) is 0 Å². The highest BCUT2D eigenvalue weighted by Gasteiger charge is 2.44. The summed E-state index contributed by atoms with van der Waals surface area (Å²) in [6.45, 7) is 5.46. The Morgan fingerprint density at radius 2 is 2.00 bits per heavy atom. The van der Waals surface area contributed by atoms with Gasteiger partial charge in [0.15, 0.2) is 6.10 Å². The molecule has 1 aliphatic heterocycles. The fourth-order valence-electron chi connectivity index (χ4n) is 3.26. The first kappa shape index (κ1) is 17.8. The maximum atomic E-state index is 12.8. The minimum Gasteiger partial charge on any atom is -0.464 e. The van der Waals surface area contributed by atoms with Crippen molar-refractivity contribution in [2.45, 2.75) is 39.5 Å². The van der Waals surface area contributed by atoms with E-state index < -0.39 is 18.8 Å². The first-order chi connectivity index (χ1) is 11.7. The van der Waals surface area contributed by atoms with Gasteiger partial charge in [-0.3, -0.25) is 4.79 Å². The van der Waals surface area contributed by atoms with E-state index in [-0.39, 0.29) is 25.5 Å². The van der Waals surface area contributed by atoms with Gasteiger partial charge in [0.25, 0.3) is 0 Å². The third-order valence-electron chi connectivity index (χ3n) is 4.75. The first-order valence-corrected chi connectivity index (χ1v) is 8.11. The lowest BCUT2D eigenvalue weighted by Crippen LogP contribution is -2.51. The van der Waals surface area contributed by atoms with E-state index in [9.17, 15) is 18.0 Å². The zero-order chi connectivity index (χ0) is 18.4. The number of benzene rings is 1. The number of morpholine rings is 1. The molecule has 4 nitrogen and oxygen atoms in total. The van der Waals surface area contributed by atoms with Crippen LogP contribution in [0, 0.1) is 20.8 Å². The summed E-state index contributed by atoms with van der Waals surface area (Å²) in [6, 6.07) is 2.02. The molecular formula is C18H20F3NO3. The fraction of sp³-hybridized carbons (Fsp3) is 0.500. The Bertz CT molecular complexity index is 810. The number of rotatable bonds is 2. The van der Waals surface area contributed by atoms with E-state index in [1.54, 1.807) is 0 Å². The summed E-state index contributed by atoms with van der Waals surface area (Å²) in [5, 5.41) is 0.872. The summed E-state index contributed by atoms with van der Waals surface area (Å²) in [7, 11) is 0. The van der Waals surface area contributed by atoms with Crippen LogP contribution in [0.2, 0.25) is 0 Å². The third kappa shape index (κ3) is 3.38. The average Bonchev–Trinajstić information content (AvgIpc) is 2.96. The lowest BCUT2D eigenvalue weighted by Gasteiger charge is -2.33. The van der Waals surface area contributed by atoms with Crippen LogP contribution in [0.1, 0.15) is 22.3 Å². The Morgan fingerprint density at radius 3 is 2.68 bits per heavy atom. The van der Waals surface area contributed by atoms with Crippen molar-refractivity contribution < 1.29 is 27.1 Å². The van der Waals surface area contributed by atoms with E-state index in [0.717, 1.165) is 27.7 Å². The fourth-order valence-corrected chi connectivity index (χ4v) is 3.26. The van der Waals surface area contributed by atoms with Crippen LogP contribution in [0.3, 0.4) is 0 Å². The largest absolute Gasteiger partial charge is 0.464 e. The molecule has 1 amide bonds. The molecule has 1 aromatic heterocycles. The summed E-state index contributed by atoms with van der Waals surface area (Å²) in [4.78, 5) is 13.7. The normalized spacial score (nSPS) is 18.8. The van der Waals surface area contributed by atoms with Crippen LogP contribution in [0.4, 0.5) is 13.2 Å². The third-order valence-corrected chi connectivity index (χ3v) is 4.75. The van der Waals surface area contributed by atoms with Crippen LogP contribution in [-0.4, -0.2) is 42.8 Å². The molecule has 1 atom stereocenters. The van der Waals surface area contributed by atoms with Gasteiger partial charge >= 0.3 is 6.18 Å². The van der Waals surface area contributed by atoms with Gasteiger partial charge in [-0.1, -0.05) is 6.07 Å². The minimum atomic E-state index is -4.47. The zero-order valence-electron chi connectivity index (χ0n) is 14.4. The van der Waals surface area contributed by atoms with Gasteiger partial charge < -0.3 is 14.1 Å². The number of fused-ring (bicyclic) bond motifs is 1. The lowest BCUT2D eigenvalue weighted by atomic mass is 9.98. The van der Waals surface area contributed by atoms with Crippen LogP contribution in [0.15, 0.2) is 16.7 Å². The SMILES string of the molecule is Cc1cc(C)c2c(CC(=O)N3CCOC(C(F)(F)F)C3)coc2c1C. The van der Waals surface area contributed by atoms with Crippen LogP contribution in [0.5, 0.6) is 0 Å². The van der Waals surface area contributed by atoms with Crippen molar-refractivity contribution >= 4 is 16.9 Å². The van der Waals surface area contributed by atoms with Gasteiger partial charge in [-0.2, -0.15) is 13.2 Å². The molecule has 0 bridgehead atoms. The van der Waals surface area contributed by atoms with Crippen molar-refractivity contribution in [2.75, 3.05) is 19.7 Å². The van der Waals surface area contributed by atoms with Crippen molar-refractivity contribution in [1.29, 1.82) is 0 Å². The van der Waals surface area contributed by atoms with E-state index >= 15 is 0 Å². The molecule has 0 radical (unpaired) electrons. The van der Waals surface area contributed by atoms with Crippen molar-refractivity contribution in [3.05, 3.63) is 34.6 Å². The number of aryl methyl sites for hydroxylation is 3. The van der Waals surface area contributed by atoms with E-state index in [0.29, 0.717) is 5.56 Å². The average molecular weight is 355 g/mol. The second-order valence-electron chi connectivity index (χ2n) is 6.52. The summed E-state index contributed by atoms with van der Waals surface area (Å²) >= 11 is 0. The number of alkyl halides is 3. The second kappa shape index (κ2) is 6.37. The van der Waals surface area contributed by atoms with Gasteiger partial charge in [0.2, 0.25) is 5.91 Å². The van der Waals surface area contributed by atoms with E-state index in [1.165, 1.54) is 11.2 Å². The number of hydrogen-bond donors (Lipinski definition) is 0. The molecule has 0 aliphatic carbocycles. The Balaban J connectivity index is 1.82. The Hall–Kier alpha value is -2.02. The van der Waals surface area contributed by atoms with Gasteiger partial charge in [-0.25, -0.2) is 0 Å². The molecule has 2 heterocycles. The number of carbonyl (C=O) groups excluding carboxylic acids is 1. The molecule has 0 N–H and O–H groups in total. The Kier molecular flexibility index (Phi) is 4.53. The van der Waals surface area contributed by atoms with Crippen molar-refractivity contribution in [3.8, 4) is 0 Å². The maximum Gasteiger partial charge on any atom is 0.416 e. The van der Waals surface area contributed by atoms with Crippen LogP contribution in [-0.2, 0) is 16.0 Å². The Morgan fingerprint density at radius 1 is 1.28 bits per heavy atom. The summed E-state index contributed by atoms with van der Waals surface area (Å²) < 4.78 is 48.8. The van der Waals surface area contributed by atoms with Crippen molar-refractivity contribution in [1.82, 2.24) is 4.90 Å². The maximum absolute atomic E-state index is 12.8. The van der Waals surface area contributed by atoms with Gasteiger partial charge in [0, 0.05) is 17.5 Å². The standard InChI is InChI=1S/C18H20F3NO3/c1-10-6-11(2)16-13(9-25-17(16)12(10)3)7-15(23)22-4-5-24-14(8-22)18(19,20)21/h6,9,14H,4-5,7-8H2,1-3H3. The summed E-state index contributed by atoms with van der Waals surface area (Å²) in [5.41, 5.74) is 4.53. The molecule has 1 aromatic carbocycles. The summed E-state index contributed by atoms with van der Waals surface area (Å²) in [6.07, 6.45) is -4.84. The molecule has 25 heavy (non-hydrogen) atoms. The van der Waals surface area contributed by atoms with Crippen LogP contribution >= 0.6 is 0 Å². The molecule has 3 rings (SSSR count). The number of halogens is 3. The van der Waals surface area contributed by atoms with Crippen LogP contribution in [0.25, 0.3) is 11.0 Å². The van der Waals surface area contributed by atoms with Crippen LogP contribution < -0.4 is 0 Å². The lowest BCUT2D eigenvalue weighted by molar-refractivity contribution is -0.236.